The molecule has 204 valence electrons. The summed E-state index contributed by atoms with van der Waals surface area (Å²) >= 11 is 13.3. The summed E-state index contributed by atoms with van der Waals surface area (Å²) in [4.78, 5) is 15.9. The van der Waals surface area contributed by atoms with E-state index in [1.165, 1.54) is 0 Å². The van der Waals surface area contributed by atoms with Crippen LogP contribution in [0.3, 0.4) is 0 Å². The van der Waals surface area contributed by atoms with Crippen LogP contribution in [0.25, 0.3) is 12.2 Å². The predicted molar refractivity (Wildman–Crippen MR) is 161 cm³/mol. The molecule has 0 aliphatic carbocycles. The number of methoxy groups -OCH3 is 2. The summed E-state index contributed by atoms with van der Waals surface area (Å²) in [5.41, 5.74) is 4.26. The van der Waals surface area contributed by atoms with Crippen LogP contribution in [-0.4, -0.2) is 51.6 Å². The van der Waals surface area contributed by atoms with Gasteiger partial charge in [0.2, 0.25) is 0 Å². The molecule has 39 heavy (non-hydrogen) atoms. The van der Waals surface area contributed by atoms with Crippen LogP contribution in [0.4, 0.5) is 0 Å². The molecule has 1 heterocycles. The van der Waals surface area contributed by atoms with Crippen LogP contribution < -0.4 is 9.47 Å². The maximum Gasteiger partial charge on any atom is 0.188 e. The molecule has 0 saturated carbocycles. The molecule has 0 aromatic heterocycles. The molecule has 1 aliphatic heterocycles. The molecule has 0 N–H and O–H groups in total. The van der Waals surface area contributed by atoms with Crippen LogP contribution in [-0.2, 0) is 20.8 Å². The van der Waals surface area contributed by atoms with Crippen LogP contribution in [0.15, 0.2) is 80.8 Å². The normalized spacial score (nSPS) is 16.2. The Morgan fingerprint density at radius 2 is 1.36 bits per heavy atom. The molecule has 0 atom stereocenters. The van der Waals surface area contributed by atoms with Gasteiger partial charge in [-0.2, -0.15) is 0 Å². The molecular formula is C30H28Br2ClNO5. The Morgan fingerprint density at radius 1 is 0.821 bits per heavy atom. The number of benzene rings is 3. The lowest BCUT2D eigenvalue weighted by Crippen LogP contribution is -2.37. The second-order valence-electron chi connectivity index (χ2n) is 8.92. The number of halogens is 3. The van der Waals surface area contributed by atoms with Crippen molar-refractivity contribution in [1.29, 1.82) is 0 Å². The lowest BCUT2D eigenvalue weighted by Gasteiger charge is -2.30. The number of likely N-dealkylation sites (tertiary alicyclic amines) is 1. The molecular weight excluding hydrogens is 650 g/mol. The summed E-state index contributed by atoms with van der Waals surface area (Å²) in [6, 6.07) is 19.2. The number of ether oxygens (including phenoxy) is 4. The fraction of sp³-hybridized carbons (Fsp3) is 0.233. The molecule has 1 saturated heterocycles. The van der Waals surface area contributed by atoms with Gasteiger partial charge in [-0.15, -0.1) is 0 Å². The number of ketones is 1. The number of carbonyl (C=O) groups is 1. The minimum absolute atomic E-state index is 0.0176. The molecule has 0 spiro atoms. The maximum absolute atomic E-state index is 13.7. The van der Waals surface area contributed by atoms with Gasteiger partial charge in [0.1, 0.15) is 11.5 Å². The number of rotatable bonds is 10. The van der Waals surface area contributed by atoms with Crippen LogP contribution in [0.2, 0.25) is 5.02 Å². The monoisotopic (exact) mass is 675 g/mol. The average molecular weight is 678 g/mol. The number of piperidine rings is 1. The summed E-state index contributed by atoms with van der Waals surface area (Å²) in [5.74, 6) is 1.35. The van der Waals surface area contributed by atoms with Gasteiger partial charge < -0.3 is 18.9 Å². The van der Waals surface area contributed by atoms with Gasteiger partial charge in [-0.1, -0.05) is 35.9 Å². The molecule has 1 fully saturated rings. The van der Waals surface area contributed by atoms with Crippen molar-refractivity contribution in [1.82, 2.24) is 4.90 Å². The van der Waals surface area contributed by atoms with Crippen molar-refractivity contribution >= 4 is 61.4 Å². The molecule has 4 rings (SSSR count). The van der Waals surface area contributed by atoms with Gasteiger partial charge in [-0.25, -0.2) is 0 Å². The average Bonchev–Trinajstić information content (AvgIpc) is 2.90. The van der Waals surface area contributed by atoms with Gasteiger partial charge in [0.25, 0.3) is 0 Å². The second kappa shape index (κ2) is 14.3. The highest BCUT2D eigenvalue weighted by Crippen LogP contribution is 2.31. The predicted octanol–water partition coefficient (Wildman–Crippen LogP) is 7.38. The minimum atomic E-state index is 0.0176. The molecule has 1 aliphatic rings. The van der Waals surface area contributed by atoms with Crippen molar-refractivity contribution in [3.05, 3.63) is 102 Å². The van der Waals surface area contributed by atoms with E-state index in [0.29, 0.717) is 47.3 Å². The summed E-state index contributed by atoms with van der Waals surface area (Å²) in [7, 11) is 3.15. The van der Waals surface area contributed by atoms with Gasteiger partial charge in [-0.3, -0.25) is 9.69 Å². The number of hydrogen-bond acceptors (Lipinski definition) is 6. The van der Waals surface area contributed by atoms with Crippen LogP contribution in [0, 0.1) is 0 Å². The zero-order valence-electron chi connectivity index (χ0n) is 21.6. The standard InChI is InChI=1S/C30H28Br2ClNO5/c1-36-18-38-28-8-6-20(13-26(28)31)10-23-16-34(15-22-4-3-5-25(33)12-22)17-24(30(23)35)11-21-7-9-29(27(32)14-21)39-19-37-2/h3-14H,15-19H2,1-2H3/b23-10+,24-11+. The largest absolute Gasteiger partial charge is 0.466 e. The van der Waals surface area contributed by atoms with Crippen molar-refractivity contribution < 1.29 is 23.7 Å². The SMILES string of the molecule is COCOc1ccc(/C=C2\CN(Cc3cccc(Cl)c3)C/C(=C\c3ccc(OCOC)c(Br)c3)C2=O)cc1Br. The first kappa shape index (κ1) is 29.5. The molecule has 3 aromatic carbocycles. The van der Waals surface area contributed by atoms with Gasteiger partial charge in [-0.05, 0) is 97.1 Å². The van der Waals surface area contributed by atoms with Gasteiger partial charge in [0, 0.05) is 50.0 Å². The summed E-state index contributed by atoms with van der Waals surface area (Å²) < 4.78 is 22.7. The first-order valence-corrected chi connectivity index (χ1v) is 14.1. The smallest absolute Gasteiger partial charge is 0.188 e. The molecule has 0 bridgehead atoms. The Hall–Kier alpha value is -2.46. The summed E-state index contributed by atoms with van der Waals surface area (Å²) in [6.07, 6.45) is 3.87. The Labute approximate surface area is 250 Å². The van der Waals surface area contributed by atoms with Crippen molar-refractivity contribution in [2.45, 2.75) is 6.54 Å². The zero-order chi connectivity index (χ0) is 27.8. The van der Waals surface area contributed by atoms with Gasteiger partial charge in [0.15, 0.2) is 19.4 Å². The molecule has 3 aromatic rings. The fourth-order valence-corrected chi connectivity index (χ4v) is 5.45. The van der Waals surface area contributed by atoms with Crippen molar-refractivity contribution in [2.75, 3.05) is 40.9 Å². The van der Waals surface area contributed by atoms with E-state index in [4.69, 9.17) is 30.5 Å². The summed E-state index contributed by atoms with van der Waals surface area (Å²) in [5, 5.41) is 0.688. The lowest BCUT2D eigenvalue weighted by molar-refractivity contribution is -0.113. The third-order valence-corrected chi connectivity index (χ3v) is 7.40. The second-order valence-corrected chi connectivity index (χ2v) is 11.1. The van der Waals surface area contributed by atoms with E-state index >= 15 is 0 Å². The highest BCUT2D eigenvalue weighted by molar-refractivity contribution is 9.10. The van der Waals surface area contributed by atoms with E-state index in [2.05, 4.69) is 36.8 Å². The molecule has 9 heteroatoms. The van der Waals surface area contributed by atoms with Crippen LogP contribution >= 0.6 is 43.5 Å². The highest BCUT2D eigenvalue weighted by Gasteiger charge is 2.26. The van der Waals surface area contributed by atoms with Crippen LogP contribution in [0.5, 0.6) is 11.5 Å². The van der Waals surface area contributed by atoms with E-state index in [9.17, 15) is 4.79 Å². The third kappa shape index (κ3) is 8.27. The Morgan fingerprint density at radius 3 is 1.82 bits per heavy atom. The number of hydrogen-bond donors (Lipinski definition) is 0. The quantitative estimate of drug-likeness (QED) is 0.165. The topological polar surface area (TPSA) is 57.2 Å². The highest BCUT2D eigenvalue weighted by atomic mass is 79.9. The fourth-order valence-electron chi connectivity index (χ4n) is 4.21. The van der Waals surface area contributed by atoms with Gasteiger partial charge >= 0.3 is 0 Å². The molecule has 0 unspecified atom stereocenters. The number of nitrogens with zero attached hydrogens (tertiary/aromatic N) is 1. The lowest BCUT2D eigenvalue weighted by atomic mass is 9.94. The van der Waals surface area contributed by atoms with Crippen molar-refractivity contribution in [3.63, 3.8) is 0 Å². The molecule has 0 amide bonds. The molecule has 0 radical (unpaired) electrons. The van der Waals surface area contributed by atoms with Crippen molar-refractivity contribution in [2.24, 2.45) is 0 Å². The van der Waals surface area contributed by atoms with Crippen molar-refractivity contribution in [3.8, 4) is 11.5 Å². The number of Topliss-reactive ketones (excluding diaryl/α,β-unsaturated/α-hetero) is 1. The minimum Gasteiger partial charge on any atom is -0.466 e. The van der Waals surface area contributed by atoms with Crippen LogP contribution in [0.1, 0.15) is 16.7 Å². The van der Waals surface area contributed by atoms with Gasteiger partial charge in [0.05, 0.1) is 8.95 Å². The van der Waals surface area contributed by atoms with E-state index < -0.39 is 0 Å². The Kier molecular flexibility index (Phi) is 10.8. The zero-order valence-corrected chi connectivity index (χ0v) is 25.5. The first-order valence-electron chi connectivity index (χ1n) is 12.1. The molecule has 6 nitrogen and oxygen atoms in total. The first-order chi connectivity index (χ1) is 18.9. The maximum atomic E-state index is 13.7. The van der Waals surface area contributed by atoms with E-state index in [1.807, 2.05) is 72.8 Å². The Balaban J connectivity index is 1.65. The van der Waals surface area contributed by atoms with E-state index in [-0.39, 0.29) is 19.4 Å². The Bertz CT molecular complexity index is 1310. The van der Waals surface area contributed by atoms with E-state index in [1.54, 1.807) is 14.2 Å². The number of carbonyl (C=O) groups excluding carboxylic acids is 1. The van der Waals surface area contributed by atoms with E-state index in [0.717, 1.165) is 25.6 Å². The third-order valence-electron chi connectivity index (χ3n) is 5.92. The summed E-state index contributed by atoms with van der Waals surface area (Å²) in [6.45, 7) is 1.98.